The van der Waals surface area contributed by atoms with Gasteiger partial charge in [-0.1, -0.05) is 18.2 Å². The molecule has 29 heavy (non-hydrogen) atoms. The number of anilines is 1. The van der Waals surface area contributed by atoms with Gasteiger partial charge in [0.25, 0.3) is 11.8 Å². The second-order valence-corrected chi connectivity index (χ2v) is 7.42. The maximum absolute atomic E-state index is 12.4. The van der Waals surface area contributed by atoms with E-state index in [1.807, 2.05) is 41.6 Å². The number of hydrazine groups is 1. The third-order valence-corrected chi connectivity index (χ3v) is 5.38. The van der Waals surface area contributed by atoms with Crippen molar-refractivity contribution >= 4 is 17.5 Å². The van der Waals surface area contributed by atoms with E-state index >= 15 is 0 Å². The monoisotopic (exact) mass is 399 g/mol. The van der Waals surface area contributed by atoms with Crippen LogP contribution in [0.4, 0.5) is 5.69 Å². The van der Waals surface area contributed by atoms with E-state index in [4.69, 9.17) is 0 Å². The summed E-state index contributed by atoms with van der Waals surface area (Å²) in [6.45, 7) is 3.39. The number of nitrogens with zero attached hydrogens (tertiary/aromatic N) is 2. The van der Waals surface area contributed by atoms with Crippen molar-refractivity contribution in [3.8, 4) is 0 Å². The Balaban J connectivity index is 1.32. The number of benzene rings is 1. The van der Waals surface area contributed by atoms with Gasteiger partial charge in [-0.25, -0.2) is 5.43 Å². The number of aliphatic hydroxyl groups excluding tert-OH is 2. The summed E-state index contributed by atoms with van der Waals surface area (Å²) in [6.07, 6.45) is 1.02. The fourth-order valence-electron chi connectivity index (χ4n) is 3.51. The van der Waals surface area contributed by atoms with Gasteiger partial charge in [0.15, 0.2) is 12.2 Å². The minimum absolute atomic E-state index is 0.378. The molecule has 3 atom stereocenters. The average Bonchev–Trinajstić information content (AvgIpc) is 3.31. The number of carbonyl (C=O) groups is 2. The molecule has 0 aromatic heterocycles. The zero-order chi connectivity index (χ0) is 20.5. The van der Waals surface area contributed by atoms with Crippen molar-refractivity contribution in [2.75, 3.05) is 24.6 Å². The van der Waals surface area contributed by atoms with Crippen LogP contribution < -0.4 is 21.1 Å². The van der Waals surface area contributed by atoms with Gasteiger partial charge >= 0.3 is 0 Å². The molecule has 9 nitrogen and oxygen atoms in total. The first kappa shape index (κ1) is 19.4. The maximum Gasteiger partial charge on any atom is 0.255 e. The van der Waals surface area contributed by atoms with Crippen LogP contribution in [0, 0.1) is 0 Å². The SMILES string of the molecule is C[C@@H](NC(=O)C(O)C(O)C(=O)N1CCC2=C(C1)N2)c1ccc(N2C=CCN2)cc1. The fourth-order valence-corrected chi connectivity index (χ4v) is 3.51. The lowest BCUT2D eigenvalue weighted by Crippen LogP contribution is -2.51. The first-order valence-corrected chi connectivity index (χ1v) is 9.68. The van der Waals surface area contributed by atoms with Crippen molar-refractivity contribution < 1.29 is 19.8 Å². The van der Waals surface area contributed by atoms with Gasteiger partial charge in [-0.05, 0) is 24.6 Å². The topological polar surface area (TPSA) is 127 Å². The van der Waals surface area contributed by atoms with Crippen molar-refractivity contribution in [2.45, 2.75) is 31.6 Å². The van der Waals surface area contributed by atoms with Crippen LogP contribution in [0.3, 0.4) is 0 Å². The molecule has 2 amide bonds. The van der Waals surface area contributed by atoms with Gasteiger partial charge in [0.2, 0.25) is 0 Å². The lowest BCUT2D eigenvalue weighted by molar-refractivity contribution is -0.153. The van der Waals surface area contributed by atoms with Gasteiger partial charge in [0.1, 0.15) is 0 Å². The summed E-state index contributed by atoms with van der Waals surface area (Å²) < 4.78 is 0. The van der Waals surface area contributed by atoms with Crippen LogP contribution >= 0.6 is 0 Å². The maximum atomic E-state index is 12.4. The molecule has 9 heteroatoms. The number of hydrogen-bond donors (Lipinski definition) is 5. The molecule has 2 unspecified atom stereocenters. The second kappa shape index (κ2) is 7.86. The van der Waals surface area contributed by atoms with Gasteiger partial charge in [-0.2, -0.15) is 0 Å². The minimum Gasteiger partial charge on any atom is -0.380 e. The molecular formula is C20H25N5O4. The molecule has 0 aliphatic carbocycles. The molecule has 0 bridgehead atoms. The van der Waals surface area contributed by atoms with E-state index in [-0.39, 0.29) is 0 Å². The Morgan fingerprint density at radius 2 is 1.90 bits per heavy atom. The number of hydrogen-bond acceptors (Lipinski definition) is 7. The Hall–Kier alpha value is -2.88. The van der Waals surface area contributed by atoms with Crippen LogP contribution in [0.1, 0.15) is 24.9 Å². The Morgan fingerprint density at radius 1 is 1.14 bits per heavy atom. The normalized spacial score (nSPS) is 20.7. The minimum atomic E-state index is -1.83. The van der Waals surface area contributed by atoms with Gasteiger partial charge < -0.3 is 25.7 Å². The molecule has 1 aromatic rings. The molecule has 0 saturated heterocycles. The Bertz CT molecular complexity index is 866. The molecule has 154 valence electrons. The van der Waals surface area contributed by atoms with Crippen molar-refractivity contribution in [1.82, 2.24) is 21.0 Å². The first-order valence-electron chi connectivity index (χ1n) is 9.68. The summed E-state index contributed by atoms with van der Waals surface area (Å²) >= 11 is 0. The highest BCUT2D eigenvalue weighted by molar-refractivity contribution is 5.91. The molecule has 0 saturated carbocycles. The van der Waals surface area contributed by atoms with Crippen molar-refractivity contribution in [2.24, 2.45) is 0 Å². The highest BCUT2D eigenvalue weighted by Gasteiger charge is 2.37. The van der Waals surface area contributed by atoms with Crippen molar-refractivity contribution in [1.29, 1.82) is 0 Å². The van der Waals surface area contributed by atoms with E-state index in [9.17, 15) is 19.8 Å². The third-order valence-electron chi connectivity index (χ3n) is 5.38. The largest absolute Gasteiger partial charge is 0.380 e. The van der Waals surface area contributed by atoms with Gasteiger partial charge in [0.05, 0.1) is 24.0 Å². The molecule has 4 rings (SSSR count). The summed E-state index contributed by atoms with van der Waals surface area (Å²) in [5.41, 5.74) is 7.10. The zero-order valence-electron chi connectivity index (χ0n) is 16.1. The van der Waals surface area contributed by atoms with Crippen molar-refractivity contribution in [3.05, 3.63) is 53.5 Å². The number of nitrogens with one attached hydrogen (secondary N) is 3. The quantitative estimate of drug-likeness (QED) is 0.435. The summed E-state index contributed by atoms with van der Waals surface area (Å²) in [5.74, 6) is -1.43. The van der Waals surface area contributed by atoms with Gasteiger partial charge in [-0.15, -0.1) is 0 Å². The lowest BCUT2D eigenvalue weighted by atomic mass is 10.1. The molecule has 0 fully saturated rings. The summed E-state index contributed by atoms with van der Waals surface area (Å²) in [7, 11) is 0. The number of amides is 2. The van der Waals surface area contributed by atoms with Gasteiger partial charge in [-0.3, -0.25) is 14.6 Å². The predicted octanol–water partition coefficient (Wildman–Crippen LogP) is -0.529. The molecule has 3 heterocycles. The number of rotatable bonds is 6. The second-order valence-electron chi connectivity index (χ2n) is 7.42. The lowest BCUT2D eigenvalue weighted by Gasteiger charge is -2.27. The Morgan fingerprint density at radius 3 is 2.55 bits per heavy atom. The smallest absolute Gasteiger partial charge is 0.255 e. The molecule has 0 radical (unpaired) electrons. The van der Waals surface area contributed by atoms with E-state index in [2.05, 4.69) is 16.1 Å². The average molecular weight is 399 g/mol. The Labute approximate surface area is 168 Å². The number of carbonyl (C=O) groups excluding carboxylic acids is 2. The molecule has 0 spiro atoms. The van der Waals surface area contributed by atoms with E-state index < -0.39 is 30.1 Å². The van der Waals surface area contributed by atoms with Crippen LogP contribution in [-0.2, 0) is 9.59 Å². The van der Waals surface area contributed by atoms with Gasteiger partial charge in [0, 0.05) is 31.4 Å². The van der Waals surface area contributed by atoms with Crippen LogP contribution in [0.25, 0.3) is 0 Å². The van der Waals surface area contributed by atoms with Crippen LogP contribution in [0.5, 0.6) is 0 Å². The zero-order valence-corrected chi connectivity index (χ0v) is 16.1. The number of aliphatic hydroxyl groups is 2. The van der Waals surface area contributed by atoms with E-state index in [1.165, 1.54) is 4.90 Å². The van der Waals surface area contributed by atoms with Crippen molar-refractivity contribution in [3.63, 3.8) is 0 Å². The van der Waals surface area contributed by atoms with E-state index in [0.29, 0.717) is 19.5 Å². The van der Waals surface area contributed by atoms with Crippen LogP contribution in [0.2, 0.25) is 0 Å². The summed E-state index contributed by atoms with van der Waals surface area (Å²) in [6, 6.07) is 7.20. The van der Waals surface area contributed by atoms with E-state index in [0.717, 1.165) is 29.2 Å². The molecule has 5 N–H and O–H groups in total. The highest BCUT2D eigenvalue weighted by atomic mass is 16.3. The molecule has 3 aliphatic rings. The first-order chi connectivity index (χ1) is 13.9. The fraction of sp³-hybridized carbons (Fsp3) is 0.400. The highest BCUT2D eigenvalue weighted by Crippen LogP contribution is 2.26. The van der Waals surface area contributed by atoms with E-state index in [1.54, 1.807) is 6.92 Å². The molecule has 1 aromatic carbocycles. The third kappa shape index (κ3) is 4.12. The Kier molecular flexibility index (Phi) is 5.27. The summed E-state index contributed by atoms with van der Waals surface area (Å²) in [4.78, 5) is 26.2. The summed E-state index contributed by atoms with van der Waals surface area (Å²) in [5, 5.41) is 28.0. The van der Waals surface area contributed by atoms with Crippen LogP contribution in [0.15, 0.2) is 47.9 Å². The molecular weight excluding hydrogens is 374 g/mol. The predicted molar refractivity (Wildman–Crippen MR) is 106 cm³/mol. The van der Waals surface area contributed by atoms with Crippen LogP contribution in [-0.4, -0.2) is 58.8 Å². The standard InChI is InChI=1S/C20H25N5O4/c1-12(13-3-5-14(6-4-13)25-9-2-8-21-25)22-19(28)17(26)18(27)20(29)24-10-7-15-16(11-24)23-15/h2-6,9,12,17-18,21,23,26-27H,7-8,10-11H2,1H3,(H,22,28)/t12-,17?,18?/m1/s1. The molecule has 3 aliphatic heterocycles.